The van der Waals surface area contributed by atoms with Crippen LogP contribution in [0.4, 0.5) is 0 Å². The maximum Gasteiger partial charge on any atom is 0.327 e. The predicted octanol–water partition coefficient (Wildman–Crippen LogP) is 0.967. The van der Waals surface area contributed by atoms with Crippen LogP contribution in [-0.4, -0.2) is 120 Å². The molecule has 1 saturated carbocycles. The number of aliphatic hydroxyl groups is 1. The van der Waals surface area contributed by atoms with E-state index in [2.05, 4.69) is 17.4 Å². The van der Waals surface area contributed by atoms with Crippen molar-refractivity contribution in [2.75, 3.05) is 33.8 Å². The molecule has 50 heavy (non-hydrogen) atoms. The van der Waals surface area contributed by atoms with Gasteiger partial charge < -0.3 is 34.4 Å². The number of likely N-dealkylation sites (N-methyl/N-ethyl adjacent to an activating group) is 1. The number of hydroxylamine groups is 2. The number of esters is 1. The maximum absolute atomic E-state index is 15.1. The lowest BCUT2D eigenvalue weighted by atomic mass is 9.62. The molecule has 2 aromatic rings. The molecule has 1 spiro atoms. The first kappa shape index (κ1) is 33.0. The van der Waals surface area contributed by atoms with Crippen molar-refractivity contribution in [2.24, 2.45) is 5.41 Å². The molecule has 4 aliphatic heterocycles. The van der Waals surface area contributed by atoms with E-state index in [4.69, 9.17) is 19.0 Å². The second-order valence-corrected chi connectivity index (χ2v) is 14.4. The average molecular weight is 687 g/mol. The molecule has 0 radical (unpaired) electrons. The lowest BCUT2D eigenvalue weighted by molar-refractivity contribution is -0.218. The number of aliphatic hydroxyl groups excluding tert-OH is 1. The molecule has 4 saturated heterocycles. The number of hydrogen-bond acceptors (Lipinski definition) is 10. The number of ether oxygens (including phenoxy) is 3. The number of carbonyl (C=O) groups excluding carboxylic acids is 4. The van der Waals surface area contributed by atoms with Crippen molar-refractivity contribution in [3.05, 3.63) is 76.9 Å². The summed E-state index contributed by atoms with van der Waals surface area (Å²) in [6.45, 7) is 0.395. The van der Waals surface area contributed by atoms with Crippen molar-refractivity contribution >= 4 is 29.8 Å². The number of benzene rings is 2. The van der Waals surface area contributed by atoms with Gasteiger partial charge in [0, 0.05) is 52.5 Å². The standard InChI is InChI=1S/C37H42N4O9/c1-39(2)28(43)14-13-22-9-11-23(12-10-22)21-41-31-34(45)47-27-20-37(31,35(46)40-16-5-8-26(40)33(44)38-15-17-42)32(50-41)30-29(27)48-36(49-30)18-24-6-3-4-7-25(24)19-36/h3-4,6-7,9-14,26-27,29-32,42H,5,8,15-21H2,1-2H3,(H,38,44)/t26-,27-,29+,30+,31+,32-,37+/m1/s1. The van der Waals surface area contributed by atoms with Crippen molar-refractivity contribution in [1.82, 2.24) is 20.2 Å². The van der Waals surface area contributed by atoms with Crippen LogP contribution in [0.1, 0.15) is 41.5 Å². The van der Waals surface area contributed by atoms with E-state index in [0.717, 1.165) is 22.3 Å². The molecule has 0 aromatic heterocycles. The zero-order valence-electron chi connectivity index (χ0n) is 28.2. The van der Waals surface area contributed by atoms with Gasteiger partial charge in [-0.1, -0.05) is 48.5 Å². The smallest absolute Gasteiger partial charge is 0.327 e. The van der Waals surface area contributed by atoms with E-state index in [-0.39, 0.29) is 43.8 Å². The summed E-state index contributed by atoms with van der Waals surface area (Å²) in [6.07, 6.45) is 2.58. The number of amides is 3. The molecule has 2 aromatic carbocycles. The molecule has 3 amide bonds. The summed E-state index contributed by atoms with van der Waals surface area (Å²) in [7, 11) is 3.37. The van der Waals surface area contributed by atoms with Gasteiger partial charge in [0.25, 0.3) is 0 Å². The molecular formula is C37H42N4O9. The molecule has 4 heterocycles. The maximum atomic E-state index is 15.1. The summed E-state index contributed by atoms with van der Waals surface area (Å²) in [5.74, 6) is -2.34. The summed E-state index contributed by atoms with van der Waals surface area (Å²) in [6, 6.07) is 13.8. The van der Waals surface area contributed by atoms with E-state index in [1.807, 2.05) is 36.4 Å². The van der Waals surface area contributed by atoms with Crippen LogP contribution in [0.3, 0.4) is 0 Å². The Kier molecular flexibility index (Phi) is 8.30. The Bertz CT molecular complexity index is 1700. The number of nitrogens with one attached hydrogen (secondary N) is 1. The molecule has 5 fully saturated rings. The van der Waals surface area contributed by atoms with Crippen molar-refractivity contribution < 1.29 is 43.3 Å². The fourth-order valence-electron chi connectivity index (χ4n) is 8.82. The second kappa shape index (κ2) is 12.6. The van der Waals surface area contributed by atoms with Crippen LogP contribution in [0.25, 0.3) is 6.08 Å². The second-order valence-electron chi connectivity index (χ2n) is 14.4. The molecule has 13 nitrogen and oxygen atoms in total. The normalized spacial score (nSPS) is 31.9. The number of likely N-dealkylation sites (tertiary alicyclic amines) is 1. The zero-order chi connectivity index (χ0) is 34.8. The summed E-state index contributed by atoms with van der Waals surface area (Å²) in [5, 5.41) is 13.6. The van der Waals surface area contributed by atoms with Crippen molar-refractivity contribution in [1.29, 1.82) is 0 Å². The number of hydrogen-bond donors (Lipinski definition) is 2. The SMILES string of the molecule is CN(C)C(=O)C=Cc1ccc(CN2O[C@@H]3[C@H]4OC5(Cc6ccccc6C5)O[C@H]4[C@H]4C[C@]3(C(=O)N3CCC[C@@H]3C(=O)NCCO)[C@@H]2C(=O)O4)cc1. The Morgan fingerprint density at radius 1 is 1.04 bits per heavy atom. The van der Waals surface area contributed by atoms with Crippen LogP contribution in [0.15, 0.2) is 54.6 Å². The summed E-state index contributed by atoms with van der Waals surface area (Å²) in [4.78, 5) is 64.2. The van der Waals surface area contributed by atoms with Crippen LogP contribution in [0, 0.1) is 5.41 Å². The van der Waals surface area contributed by atoms with Gasteiger partial charge in [0.05, 0.1) is 13.2 Å². The van der Waals surface area contributed by atoms with Crippen LogP contribution >= 0.6 is 0 Å². The van der Waals surface area contributed by atoms with Crippen LogP contribution < -0.4 is 5.32 Å². The molecule has 2 N–H and O–H groups in total. The molecule has 7 atom stereocenters. The Hall–Kier alpha value is -4.14. The fraction of sp³-hybridized carbons (Fsp3) is 0.514. The Morgan fingerprint density at radius 3 is 2.46 bits per heavy atom. The fourth-order valence-corrected chi connectivity index (χ4v) is 8.82. The van der Waals surface area contributed by atoms with Crippen LogP contribution in [-0.2, 0) is 57.6 Å². The molecule has 8 rings (SSSR count). The zero-order valence-corrected chi connectivity index (χ0v) is 28.2. The van der Waals surface area contributed by atoms with Crippen molar-refractivity contribution in [2.45, 2.75) is 80.9 Å². The molecule has 264 valence electrons. The Labute approximate surface area is 290 Å². The van der Waals surface area contributed by atoms with E-state index in [1.165, 1.54) is 11.0 Å². The highest BCUT2D eigenvalue weighted by Gasteiger charge is 2.77. The van der Waals surface area contributed by atoms with Gasteiger partial charge in [0.2, 0.25) is 17.7 Å². The third-order valence-electron chi connectivity index (χ3n) is 11.1. The Morgan fingerprint density at radius 2 is 1.76 bits per heavy atom. The van der Waals surface area contributed by atoms with Gasteiger partial charge in [-0.15, -0.1) is 0 Å². The van der Waals surface area contributed by atoms with Gasteiger partial charge in [0.15, 0.2) is 11.8 Å². The van der Waals surface area contributed by atoms with Crippen molar-refractivity contribution in [3.63, 3.8) is 0 Å². The van der Waals surface area contributed by atoms with Crippen molar-refractivity contribution in [3.8, 4) is 0 Å². The number of nitrogens with zero attached hydrogens (tertiary/aromatic N) is 3. The van der Waals surface area contributed by atoms with Gasteiger partial charge >= 0.3 is 5.97 Å². The molecular weight excluding hydrogens is 644 g/mol. The quantitative estimate of drug-likeness (QED) is 0.304. The highest BCUT2D eigenvalue weighted by atomic mass is 16.8. The van der Waals surface area contributed by atoms with E-state index in [1.54, 1.807) is 30.1 Å². The van der Waals surface area contributed by atoms with Gasteiger partial charge in [-0.25, -0.2) is 0 Å². The molecule has 13 heteroatoms. The van der Waals surface area contributed by atoms with E-state index in [0.29, 0.717) is 32.2 Å². The highest BCUT2D eigenvalue weighted by Crippen LogP contribution is 2.59. The van der Waals surface area contributed by atoms with Gasteiger partial charge in [0.1, 0.15) is 35.9 Å². The lowest BCUT2D eigenvalue weighted by Crippen LogP contribution is -2.70. The van der Waals surface area contributed by atoms with Gasteiger partial charge in [-0.2, -0.15) is 5.06 Å². The predicted molar refractivity (Wildman–Crippen MR) is 176 cm³/mol. The highest BCUT2D eigenvalue weighted by molar-refractivity contribution is 5.96. The minimum absolute atomic E-state index is 0.0823. The largest absolute Gasteiger partial charge is 0.458 e. The number of rotatable bonds is 8. The molecule has 2 aliphatic carbocycles. The van der Waals surface area contributed by atoms with E-state index < -0.39 is 53.7 Å². The lowest BCUT2D eigenvalue weighted by Gasteiger charge is -2.50. The van der Waals surface area contributed by atoms with Crippen LogP contribution in [0.5, 0.6) is 0 Å². The first-order valence-electron chi connectivity index (χ1n) is 17.4. The van der Waals surface area contributed by atoms with Gasteiger partial charge in [-0.3, -0.25) is 24.0 Å². The topological polar surface area (TPSA) is 147 Å². The monoisotopic (exact) mass is 686 g/mol. The minimum Gasteiger partial charge on any atom is -0.458 e. The first-order chi connectivity index (χ1) is 24.1. The minimum atomic E-state index is -1.39. The third-order valence-corrected chi connectivity index (χ3v) is 11.1. The molecule has 6 aliphatic rings. The average Bonchev–Trinajstić information content (AvgIpc) is 3.89. The third kappa shape index (κ3) is 5.34. The van der Waals surface area contributed by atoms with Crippen LogP contribution in [0.2, 0.25) is 0 Å². The van der Waals surface area contributed by atoms with Gasteiger partial charge in [-0.05, 0) is 41.2 Å². The number of carbonyl (C=O) groups is 4. The first-order valence-corrected chi connectivity index (χ1v) is 17.4. The Balaban J connectivity index is 1.13. The number of fused-ring (bicyclic) bond motifs is 5. The summed E-state index contributed by atoms with van der Waals surface area (Å²) >= 11 is 0. The molecule has 0 unspecified atom stereocenters. The van der Waals surface area contributed by atoms with E-state index >= 15 is 4.79 Å². The summed E-state index contributed by atoms with van der Waals surface area (Å²) < 4.78 is 19.7. The summed E-state index contributed by atoms with van der Waals surface area (Å²) in [5.41, 5.74) is 2.51. The van der Waals surface area contributed by atoms with E-state index in [9.17, 15) is 19.5 Å². The molecule has 2 bridgehead atoms.